The van der Waals surface area contributed by atoms with Crippen LogP contribution in [0.2, 0.25) is 0 Å². The number of aliphatic imine (C=N–C) groups is 1. The zero-order chi connectivity index (χ0) is 14.4. The average Bonchev–Trinajstić information content (AvgIpc) is 2.77. The van der Waals surface area contributed by atoms with Crippen molar-refractivity contribution >= 4 is 5.96 Å². The molecule has 0 radical (unpaired) electrons. The summed E-state index contributed by atoms with van der Waals surface area (Å²) in [6.07, 6.45) is 2.58. The molecule has 0 saturated heterocycles. The molecular formula is C14H19N5O. The van der Waals surface area contributed by atoms with E-state index in [1.807, 2.05) is 32.0 Å². The SMILES string of the molecule is Cc1nc(CN=C(N)NCCc2ccccn2)oc1C. The first kappa shape index (κ1) is 14.0. The molecule has 0 saturated carbocycles. The van der Waals surface area contributed by atoms with Gasteiger partial charge in [-0.1, -0.05) is 6.07 Å². The maximum Gasteiger partial charge on any atom is 0.216 e. The van der Waals surface area contributed by atoms with Crippen LogP contribution in [0.3, 0.4) is 0 Å². The van der Waals surface area contributed by atoms with Gasteiger partial charge in [-0.05, 0) is 26.0 Å². The Kier molecular flexibility index (Phi) is 4.70. The summed E-state index contributed by atoms with van der Waals surface area (Å²) in [5.74, 6) is 1.78. The van der Waals surface area contributed by atoms with Crippen LogP contribution >= 0.6 is 0 Å². The van der Waals surface area contributed by atoms with E-state index < -0.39 is 0 Å². The summed E-state index contributed by atoms with van der Waals surface area (Å²) in [4.78, 5) is 12.7. The van der Waals surface area contributed by atoms with E-state index in [2.05, 4.69) is 20.3 Å². The first-order valence-electron chi connectivity index (χ1n) is 6.52. The maximum atomic E-state index is 5.78. The number of aryl methyl sites for hydroxylation is 2. The topological polar surface area (TPSA) is 89.3 Å². The van der Waals surface area contributed by atoms with Crippen LogP contribution in [0, 0.1) is 13.8 Å². The van der Waals surface area contributed by atoms with Crippen LogP contribution in [0.25, 0.3) is 0 Å². The highest BCUT2D eigenvalue weighted by Gasteiger charge is 2.04. The van der Waals surface area contributed by atoms with E-state index in [1.165, 1.54) is 0 Å². The summed E-state index contributed by atoms with van der Waals surface area (Å²) < 4.78 is 5.43. The quantitative estimate of drug-likeness (QED) is 0.633. The van der Waals surface area contributed by atoms with Crippen molar-refractivity contribution in [2.75, 3.05) is 6.54 Å². The predicted octanol–water partition coefficient (Wildman–Crippen LogP) is 1.33. The number of hydrogen-bond acceptors (Lipinski definition) is 4. The molecule has 0 aliphatic heterocycles. The van der Waals surface area contributed by atoms with Gasteiger partial charge in [-0.2, -0.15) is 0 Å². The van der Waals surface area contributed by atoms with E-state index in [4.69, 9.17) is 10.2 Å². The number of aromatic nitrogens is 2. The number of pyridine rings is 1. The molecule has 0 aromatic carbocycles. The van der Waals surface area contributed by atoms with Gasteiger partial charge in [0, 0.05) is 24.9 Å². The van der Waals surface area contributed by atoms with E-state index >= 15 is 0 Å². The molecule has 0 fully saturated rings. The van der Waals surface area contributed by atoms with Gasteiger partial charge in [0.15, 0.2) is 5.96 Å². The van der Waals surface area contributed by atoms with E-state index in [0.717, 1.165) is 23.6 Å². The molecule has 3 N–H and O–H groups in total. The van der Waals surface area contributed by atoms with Crippen molar-refractivity contribution in [1.82, 2.24) is 15.3 Å². The summed E-state index contributed by atoms with van der Waals surface area (Å²) in [5.41, 5.74) is 7.69. The number of rotatable bonds is 5. The molecule has 0 spiro atoms. The fraction of sp³-hybridized carbons (Fsp3) is 0.357. The first-order valence-corrected chi connectivity index (χ1v) is 6.52. The smallest absolute Gasteiger partial charge is 0.216 e. The van der Waals surface area contributed by atoms with Crippen LogP contribution in [0.1, 0.15) is 23.0 Å². The zero-order valence-corrected chi connectivity index (χ0v) is 11.8. The Balaban J connectivity index is 1.77. The zero-order valence-electron chi connectivity index (χ0n) is 11.8. The molecular weight excluding hydrogens is 254 g/mol. The molecule has 0 bridgehead atoms. The Hall–Kier alpha value is -2.37. The monoisotopic (exact) mass is 273 g/mol. The third-order valence-electron chi connectivity index (χ3n) is 2.87. The van der Waals surface area contributed by atoms with Gasteiger partial charge in [0.05, 0.1) is 5.69 Å². The lowest BCUT2D eigenvalue weighted by Crippen LogP contribution is -2.33. The van der Waals surface area contributed by atoms with Crippen molar-refractivity contribution < 1.29 is 4.42 Å². The largest absolute Gasteiger partial charge is 0.444 e. The molecule has 0 aliphatic rings. The van der Waals surface area contributed by atoms with Crippen molar-refractivity contribution in [3.63, 3.8) is 0 Å². The fourth-order valence-electron chi connectivity index (χ4n) is 1.68. The normalized spacial score (nSPS) is 11.6. The Morgan fingerprint density at radius 3 is 2.90 bits per heavy atom. The Morgan fingerprint density at radius 1 is 1.40 bits per heavy atom. The van der Waals surface area contributed by atoms with E-state index in [0.29, 0.717) is 24.9 Å². The number of nitrogens with two attached hydrogens (primary N) is 1. The molecule has 2 rings (SSSR count). The number of nitrogens with zero attached hydrogens (tertiary/aromatic N) is 3. The van der Waals surface area contributed by atoms with E-state index in [-0.39, 0.29) is 0 Å². The molecule has 20 heavy (non-hydrogen) atoms. The van der Waals surface area contributed by atoms with Crippen molar-refractivity contribution in [1.29, 1.82) is 0 Å². The summed E-state index contributed by atoms with van der Waals surface area (Å²) in [6, 6.07) is 5.84. The number of guanidine groups is 1. The molecule has 2 aromatic rings. The second-order valence-electron chi connectivity index (χ2n) is 4.45. The molecule has 2 heterocycles. The molecule has 2 aromatic heterocycles. The highest BCUT2D eigenvalue weighted by Crippen LogP contribution is 2.08. The number of nitrogens with one attached hydrogen (secondary N) is 1. The van der Waals surface area contributed by atoms with Crippen molar-refractivity contribution in [3.05, 3.63) is 47.4 Å². The fourth-order valence-corrected chi connectivity index (χ4v) is 1.68. The lowest BCUT2D eigenvalue weighted by atomic mass is 10.3. The van der Waals surface area contributed by atoms with Crippen LogP contribution in [-0.4, -0.2) is 22.5 Å². The Labute approximate surface area is 118 Å². The maximum absolute atomic E-state index is 5.78. The molecule has 6 heteroatoms. The standard InChI is InChI=1S/C14H19N5O/c1-10-11(2)20-13(19-10)9-18-14(15)17-8-6-12-5-3-4-7-16-12/h3-5,7H,6,8-9H2,1-2H3,(H3,15,17,18). The minimum atomic E-state index is 0.344. The van der Waals surface area contributed by atoms with Crippen LogP contribution < -0.4 is 11.1 Å². The van der Waals surface area contributed by atoms with E-state index in [1.54, 1.807) is 6.20 Å². The van der Waals surface area contributed by atoms with Gasteiger partial charge in [-0.25, -0.2) is 9.98 Å². The van der Waals surface area contributed by atoms with Gasteiger partial charge in [0.25, 0.3) is 0 Å². The van der Waals surface area contributed by atoms with Gasteiger partial charge in [0.1, 0.15) is 12.3 Å². The number of oxazole rings is 1. The van der Waals surface area contributed by atoms with Crippen LogP contribution in [0.15, 0.2) is 33.8 Å². The van der Waals surface area contributed by atoms with Crippen LogP contribution in [0.5, 0.6) is 0 Å². The van der Waals surface area contributed by atoms with Crippen molar-refractivity contribution in [2.45, 2.75) is 26.8 Å². The third-order valence-corrected chi connectivity index (χ3v) is 2.87. The lowest BCUT2D eigenvalue weighted by Gasteiger charge is -2.04. The summed E-state index contributed by atoms with van der Waals surface area (Å²) in [7, 11) is 0. The molecule has 0 aliphatic carbocycles. The lowest BCUT2D eigenvalue weighted by molar-refractivity contribution is 0.473. The number of hydrogen-bond donors (Lipinski definition) is 2. The van der Waals surface area contributed by atoms with Crippen LogP contribution in [0.4, 0.5) is 0 Å². The highest BCUT2D eigenvalue weighted by molar-refractivity contribution is 5.77. The van der Waals surface area contributed by atoms with Gasteiger partial charge >= 0.3 is 0 Å². The van der Waals surface area contributed by atoms with Gasteiger partial charge in [-0.15, -0.1) is 0 Å². The summed E-state index contributed by atoms with van der Waals surface area (Å²) in [6.45, 7) is 4.82. The summed E-state index contributed by atoms with van der Waals surface area (Å²) >= 11 is 0. The molecule has 0 amide bonds. The minimum Gasteiger partial charge on any atom is -0.444 e. The minimum absolute atomic E-state index is 0.344. The van der Waals surface area contributed by atoms with Crippen molar-refractivity contribution in [3.8, 4) is 0 Å². The van der Waals surface area contributed by atoms with Crippen molar-refractivity contribution in [2.24, 2.45) is 10.7 Å². The van der Waals surface area contributed by atoms with Gasteiger partial charge in [0.2, 0.25) is 5.89 Å². The van der Waals surface area contributed by atoms with E-state index in [9.17, 15) is 0 Å². The molecule has 6 nitrogen and oxygen atoms in total. The summed E-state index contributed by atoms with van der Waals surface area (Å²) in [5, 5.41) is 3.04. The Morgan fingerprint density at radius 2 is 2.25 bits per heavy atom. The second-order valence-corrected chi connectivity index (χ2v) is 4.45. The molecule has 106 valence electrons. The second kappa shape index (κ2) is 6.70. The van der Waals surface area contributed by atoms with Gasteiger partial charge in [-0.3, -0.25) is 4.98 Å². The first-order chi connectivity index (χ1) is 9.65. The molecule has 0 unspecified atom stereocenters. The van der Waals surface area contributed by atoms with Crippen LogP contribution in [-0.2, 0) is 13.0 Å². The third kappa shape index (κ3) is 4.08. The van der Waals surface area contributed by atoms with Gasteiger partial charge < -0.3 is 15.5 Å². The predicted molar refractivity (Wildman–Crippen MR) is 77.2 cm³/mol. The molecule has 0 atom stereocenters. The highest BCUT2D eigenvalue weighted by atomic mass is 16.4. The average molecular weight is 273 g/mol. The Bertz CT molecular complexity index is 557.